The molecule has 0 aliphatic rings. The highest BCUT2D eigenvalue weighted by molar-refractivity contribution is 5.96. The van der Waals surface area contributed by atoms with Crippen LogP contribution in [0.25, 0.3) is 0 Å². The van der Waals surface area contributed by atoms with Gasteiger partial charge in [-0.15, -0.1) is 0 Å². The number of aliphatic hydroxyl groups excluding tert-OH is 2. The van der Waals surface area contributed by atoms with E-state index in [9.17, 15) is 33.9 Å². The first-order valence-electron chi connectivity index (χ1n) is 8.54. The fourth-order valence-electron chi connectivity index (χ4n) is 2.04. The van der Waals surface area contributed by atoms with Gasteiger partial charge in [-0.25, -0.2) is 4.79 Å². The van der Waals surface area contributed by atoms with Gasteiger partial charge >= 0.3 is 11.9 Å². The van der Waals surface area contributed by atoms with Crippen LogP contribution in [-0.4, -0.2) is 93.4 Å². The zero-order chi connectivity index (χ0) is 23.4. The van der Waals surface area contributed by atoms with Crippen LogP contribution >= 0.6 is 0 Å². The maximum absolute atomic E-state index is 12.3. The summed E-state index contributed by atoms with van der Waals surface area (Å²) in [7, 11) is 0. The summed E-state index contributed by atoms with van der Waals surface area (Å²) < 4.78 is 0. The topological polar surface area (TPSA) is 271 Å². The molecule has 15 heteroatoms. The van der Waals surface area contributed by atoms with Crippen LogP contribution in [0.5, 0.6) is 0 Å². The number of aliphatic hydroxyl groups is 2. The van der Waals surface area contributed by atoms with Crippen molar-refractivity contribution >= 4 is 35.6 Å². The molecule has 0 aromatic carbocycles. The molecule has 30 heavy (non-hydrogen) atoms. The first-order chi connectivity index (χ1) is 13.9. The van der Waals surface area contributed by atoms with Gasteiger partial charge in [-0.05, 0) is 6.42 Å². The second-order valence-corrected chi connectivity index (χ2v) is 6.10. The molecule has 0 aromatic heterocycles. The molecule has 4 unspecified atom stereocenters. The fraction of sp³-hybridized carbons (Fsp3) is 0.600. The van der Waals surface area contributed by atoms with Crippen molar-refractivity contribution in [1.29, 1.82) is 0 Å². The van der Waals surface area contributed by atoms with Crippen molar-refractivity contribution in [3.05, 3.63) is 0 Å². The minimum absolute atomic E-state index is 0.470. The van der Waals surface area contributed by atoms with Crippen LogP contribution in [0.4, 0.5) is 0 Å². The van der Waals surface area contributed by atoms with Crippen LogP contribution in [0.15, 0.2) is 0 Å². The molecule has 4 atom stereocenters. The Morgan fingerprint density at radius 1 is 0.767 bits per heavy atom. The Morgan fingerprint density at radius 2 is 1.27 bits per heavy atom. The molecule has 0 radical (unpaired) electrons. The van der Waals surface area contributed by atoms with Crippen molar-refractivity contribution in [2.75, 3.05) is 13.2 Å². The SMILES string of the molecule is NC(=O)CC(NC(=O)C(CO)NC(=O)C(N)CO)C(=O)NC(CCC(=O)O)C(=O)O. The van der Waals surface area contributed by atoms with Gasteiger partial charge in [-0.3, -0.25) is 24.0 Å². The Kier molecular flexibility index (Phi) is 11.6. The number of amides is 4. The van der Waals surface area contributed by atoms with Crippen LogP contribution < -0.4 is 27.4 Å². The zero-order valence-electron chi connectivity index (χ0n) is 15.7. The van der Waals surface area contributed by atoms with Gasteiger partial charge in [0.05, 0.1) is 19.6 Å². The van der Waals surface area contributed by atoms with Crippen molar-refractivity contribution in [3.63, 3.8) is 0 Å². The summed E-state index contributed by atoms with van der Waals surface area (Å²) in [5, 5.41) is 41.8. The number of hydrogen-bond donors (Lipinski definition) is 9. The molecular weight excluding hydrogens is 410 g/mol. The number of nitrogens with one attached hydrogen (secondary N) is 3. The lowest BCUT2D eigenvalue weighted by molar-refractivity contribution is -0.143. The molecule has 0 aliphatic carbocycles. The van der Waals surface area contributed by atoms with Gasteiger partial charge in [-0.1, -0.05) is 0 Å². The smallest absolute Gasteiger partial charge is 0.326 e. The van der Waals surface area contributed by atoms with E-state index in [0.717, 1.165) is 0 Å². The highest BCUT2D eigenvalue weighted by Crippen LogP contribution is 2.01. The first kappa shape index (κ1) is 26.7. The molecule has 0 bridgehead atoms. The molecule has 11 N–H and O–H groups in total. The van der Waals surface area contributed by atoms with E-state index in [-0.39, 0.29) is 0 Å². The lowest BCUT2D eigenvalue weighted by Gasteiger charge is -2.23. The second kappa shape index (κ2) is 13.0. The predicted octanol–water partition coefficient (Wildman–Crippen LogP) is -5.42. The van der Waals surface area contributed by atoms with Crippen LogP contribution in [0.2, 0.25) is 0 Å². The lowest BCUT2D eigenvalue weighted by atomic mass is 10.1. The average molecular weight is 435 g/mol. The van der Waals surface area contributed by atoms with Crippen molar-refractivity contribution in [3.8, 4) is 0 Å². The largest absolute Gasteiger partial charge is 0.481 e. The Bertz CT molecular complexity index is 670. The number of primary amides is 1. The van der Waals surface area contributed by atoms with E-state index in [0.29, 0.717) is 0 Å². The van der Waals surface area contributed by atoms with Gasteiger partial charge < -0.3 is 47.8 Å². The van der Waals surface area contributed by atoms with E-state index >= 15 is 0 Å². The summed E-state index contributed by atoms with van der Waals surface area (Å²) in [6.45, 7) is -1.68. The Labute approximate surface area is 169 Å². The summed E-state index contributed by atoms with van der Waals surface area (Å²) in [6, 6.07) is -6.31. The van der Waals surface area contributed by atoms with Gasteiger partial charge in [0.15, 0.2) is 0 Å². The van der Waals surface area contributed by atoms with E-state index in [1.165, 1.54) is 0 Å². The number of rotatable bonds is 14. The van der Waals surface area contributed by atoms with E-state index < -0.39 is 92.2 Å². The Balaban J connectivity index is 5.27. The van der Waals surface area contributed by atoms with Crippen LogP contribution in [0.3, 0.4) is 0 Å². The number of aliphatic carboxylic acids is 2. The number of carboxylic acids is 2. The van der Waals surface area contributed by atoms with Crippen molar-refractivity contribution in [2.24, 2.45) is 11.5 Å². The molecule has 4 amide bonds. The maximum Gasteiger partial charge on any atom is 0.326 e. The van der Waals surface area contributed by atoms with E-state index in [2.05, 4.69) is 0 Å². The molecule has 15 nitrogen and oxygen atoms in total. The molecule has 0 heterocycles. The van der Waals surface area contributed by atoms with E-state index in [4.69, 9.17) is 26.8 Å². The zero-order valence-corrected chi connectivity index (χ0v) is 15.7. The predicted molar refractivity (Wildman–Crippen MR) is 96.3 cm³/mol. The fourth-order valence-corrected chi connectivity index (χ4v) is 2.04. The summed E-state index contributed by atoms with van der Waals surface area (Å²) in [5.74, 6) is -7.17. The molecular formula is C15H25N5O10. The number of carbonyl (C=O) groups is 6. The van der Waals surface area contributed by atoms with Gasteiger partial charge in [0.2, 0.25) is 23.6 Å². The molecule has 0 aliphatic heterocycles. The van der Waals surface area contributed by atoms with Crippen LogP contribution in [0.1, 0.15) is 19.3 Å². The quantitative estimate of drug-likeness (QED) is 0.124. The lowest BCUT2D eigenvalue weighted by Crippen LogP contribution is -2.58. The van der Waals surface area contributed by atoms with Gasteiger partial charge in [0, 0.05) is 6.42 Å². The van der Waals surface area contributed by atoms with Gasteiger partial charge in [0.1, 0.15) is 24.2 Å². The third-order valence-electron chi connectivity index (χ3n) is 3.65. The minimum atomic E-state index is -1.68. The number of carbonyl (C=O) groups excluding carboxylic acids is 4. The molecule has 0 rings (SSSR count). The number of hydrogen-bond acceptors (Lipinski definition) is 9. The molecule has 0 aromatic rings. The van der Waals surface area contributed by atoms with E-state index in [1.807, 2.05) is 16.0 Å². The molecule has 170 valence electrons. The highest BCUT2D eigenvalue weighted by atomic mass is 16.4. The monoisotopic (exact) mass is 435 g/mol. The normalized spacial score (nSPS) is 14.5. The summed E-state index contributed by atoms with van der Waals surface area (Å²) in [6.07, 6.45) is -1.80. The van der Waals surface area contributed by atoms with Crippen LogP contribution in [-0.2, 0) is 28.8 Å². The second-order valence-electron chi connectivity index (χ2n) is 6.10. The van der Waals surface area contributed by atoms with E-state index in [1.54, 1.807) is 0 Å². The Morgan fingerprint density at radius 3 is 1.70 bits per heavy atom. The molecule has 0 saturated carbocycles. The van der Waals surface area contributed by atoms with Gasteiger partial charge in [-0.2, -0.15) is 0 Å². The number of carboxylic acid groups (broad SMARTS) is 2. The standard InChI is InChI=1S/C15H25N5O10/c16-6(4-21)12(26)20-9(5-22)14(28)19-8(3-10(17)23)13(27)18-7(15(29)30)1-2-11(24)25/h6-9,21-22H,1-5,16H2,(H2,17,23)(H,18,27)(H,19,28)(H,20,26)(H,24,25)(H,29,30). The third-order valence-corrected chi connectivity index (χ3v) is 3.65. The van der Waals surface area contributed by atoms with Crippen molar-refractivity contribution in [2.45, 2.75) is 43.4 Å². The minimum Gasteiger partial charge on any atom is -0.481 e. The number of nitrogens with two attached hydrogens (primary N) is 2. The van der Waals surface area contributed by atoms with Crippen LogP contribution in [0, 0.1) is 0 Å². The summed E-state index contributed by atoms with van der Waals surface area (Å²) >= 11 is 0. The molecule has 0 saturated heterocycles. The Hall–Kier alpha value is -3.30. The van der Waals surface area contributed by atoms with Crippen molar-refractivity contribution < 1.29 is 49.2 Å². The molecule has 0 fully saturated rings. The maximum atomic E-state index is 12.3. The average Bonchev–Trinajstić information content (AvgIpc) is 2.66. The summed E-state index contributed by atoms with van der Waals surface area (Å²) in [4.78, 5) is 69.2. The summed E-state index contributed by atoms with van der Waals surface area (Å²) in [5.41, 5.74) is 10.3. The van der Waals surface area contributed by atoms with Crippen molar-refractivity contribution in [1.82, 2.24) is 16.0 Å². The highest BCUT2D eigenvalue weighted by Gasteiger charge is 2.31. The third kappa shape index (κ3) is 9.76. The first-order valence-corrected chi connectivity index (χ1v) is 8.54. The molecule has 0 spiro atoms. The van der Waals surface area contributed by atoms with Gasteiger partial charge in [0.25, 0.3) is 0 Å².